The summed E-state index contributed by atoms with van der Waals surface area (Å²) in [6.07, 6.45) is 0.611. The smallest absolute Gasteiger partial charge is 0.115 e. The average molecular weight is 356 g/mol. The molecule has 0 unspecified atom stereocenters. The van der Waals surface area contributed by atoms with Gasteiger partial charge in [-0.1, -0.05) is 60.6 Å². The van der Waals surface area contributed by atoms with Crippen molar-refractivity contribution in [3.05, 3.63) is 84.4 Å². The van der Waals surface area contributed by atoms with Gasteiger partial charge < -0.3 is 14.9 Å². The molecule has 0 fully saturated rings. The molecule has 4 rings (SSSR count). The highest BCUT2D eigenvalue weighted by Gasteiger charge is 2.22. The van der Waals surface area contributed by atoms with E-state index >= 15 is 0 Å². The van der Waals surface area contributed by atoms with E-state index in [2.05, 4.69) is 34.0 Å². The molecule has 0 amide bonds. The van der Waals surface area contributed by atoms with Gasteiger partial charge in [0, 0.05) is 16.6 Å². The summed E-state index contributed by atoms with van der Waals surface area (Å²) in [6.45, 7) is 1.98. The Hall–Kier alpha value is -3.53. The summed E-state index contributed by atoms with van der Waals surface area (Å²) < 4.78 is 2.15. The predicted molar refractivity (Wildman–Crippen MR) is 109 cm³/mol. The molecule has 0 bridgehead atoms. The molecule has 4 aromatic rings. The maximum Gasteiger partial charge on any atom is 0.115 e. The van der Waals surface area contributed by atoms with E-state index in [4.69, 9.17) is 0 Å². The molecular formula is C23H20N2O2. The number of phenols is 1. The van der Waals surface area contributed by atoms with E-state index in [-0.39, 0.29) is 5.75 Å². The molecule has 4 heteroatoms. The van der Waals surface area contributed by atoms with Crippen molar-refractivity contribution in [1.82, 2.24) is 4.57 Å². The van der Waals surface area contributed by atoms with Gasteiger partial charge in [0.05, 0.1) is 16.9 Å². The summed E-state index contributed by atoms with van der Waals surface area (Å²) >= 11 is 0. The Morgan fingerprint density at radius 3 is 2.22 bits per heavy atom. The van der Waals surface area contributed by atoms with Crippen molar-refractivity contribution in [1.29, 1.82) is 0 Å². The van der Waals surface area contributed by atoms with Gasteiger partial charge in [0.1, 0.15) is 5.75 Å². The van der Waals surface area contributed by atoms with Crippen molar-refractivity contribution in [2.24, 2.45) is 5.16 Å². The van der Waals surface area contributed by atoms with Crippen LogP contribution < -0.4 is 0 Å². The summed E-state index contributed by atoms with van der Waals surface area (Å²) in [5.74, 6) is 0.225. The number of para-hydroxylation sites is 1. The van der Waals surface area contributed by atoms with Crippen molar-refractivity contribution < 1.29 is 10.3 Å². The topological polar surface area (TPSA) is 57.8 Å². The zero-order valence-electron chi connectivity index (χ0n) is 15.0. The van der Waals surface area contributed by atoms with Crippen molar-refractivity contribution in [2.45, 2.75) is 13.3 Å². The number of nitrogens with zero attached hydrogens (tertiary/aromatic N) is 2. The van der Waals surface area contributed by atoms with Crippen LogP contribution in [0.3, 0.4) is 0 Å². The lowest BCUT2D eigenvalue weighted by atomic mass is 10.00. The minimum atomic E-state index is 0.225. The van der Waals surface area contributed by atoms with Gasteiger partial charge in [-0.05, 0) is 42.3 Å². The van der Waals surface area contributed by atoms with Crippen LogP contribution in [-0.2, 0) is 0 Å². The van der Waals surface area contributed by atoms with E-state index in [1.807, 2.05) is 49.4 Å². The molecule has 27 heavy (non-hydrogen) atoms. The minimum absolute atomic E-state index is 0.225. The Labute approximate surface area is 157 Å². The Morgan fingerprint density at radius 1 is 0.889 bits per heavy atom. The number of benzene rings is 3. The maximum absolute atomic E-state index is 9.71. The molecule has 0 spiro atoms. The molecular weight excluding hydrogens is 336 g/mol. The van der Waals surface area contributed by atoms with E-state index < -0.39 is 0 Å². The van der Waals surface area contributed by atoms with Crippen LogP contribution in [0.25, 0.3) is 27.8 Å². The number of rotatable bonds is 4. The van der Waals surface area contributed by atoms with Gasteiger partial charge in [0.15, 0.2) is 0 Å². The fourth-order valence-electron chi connectivity index (χ4n) is 3.57. The highest BCUT2D eigenvalue weighted by molar-refractivity contribution is 6.16. The van der Waals surface area contributed by atoms with Gasteiger partial charge in [-0.25, -0.2) is 0 Å². The van der Waals surface area contributed by atoms with Crippen LogP contribution in [0.5, 0.6) is 5.75 Å². The lowest BCUT2D eigenvalue weighted by Gasteiger charge is -2.13. The Bertz CT molecular complexity index is 1110. The molecule has 0 saturated carbocycles. The summed E-state index contributed by atoms with van der Waals surface area (Å²) in [5, 5.41) is 24.0. The van der Waals surface area contributed by atoms with Gasteiger partial charge >= 0.3 is 0 Å². The average Bonchev–Trinajstić information content (AvgIpc) is 3.06. The van der Waals surface area contributed by atoms with Crippen molar-refractivity contribution >= 4 is 16.6 Å². The third kappa shape index (κ3) is 2.85. The lowest BCUT2D eigenvalue weighted by Crippen LogP contribution is -2.03. The monoisotopic (exact) mass is 356 g/mol. The quantitative estimate of drug-likeness (QED) is 0.284. The van der Waals surface area contributed by atoms with Gasteiger partial charge in [-0.15, -0.1) is 0 Å². The second-order valence-corrected chi connectivity index (χ2v) is 6.36. The van der Waals surface area contributed by atoms with Crippen molar-refractivity contribution in [3.63, 3.8) is 0 Å². The lowest BCUT2D eigenvalue weighted by molar-refractivity contribution is 0.318. The molecule has 134 valence electrons. The number of phenolic OH excluding ortho intramolecular Hbond substituents is 1. The van der Waals surface area contributed by atoms with Gasteiger partial charge in [-0.2, -0.15) is 0 Å². The Morgan fingerprint density at radius 2 is 1.56 bits per heavy atom. The van der Waals surface area contributed by atoms with Crippen LogP contribution in [0.15, 0.2) is 84.0 Å². The third-order valence-corrected chi connectivity index (χ3v) is 4.77. The number of fused-ring (bicyclic) bond motifs is 1. The first-order valence-electron chi connectivity index (χ1n) is 8.94. The number of aromatic nitrogens is 1. The van der Waals surface area contributed by atoms with Crippen LogP contribution in [0.1, 0.15) is 18.9 Å². The van der Waals surface area contributed by atoms with E-state index in [1.165, 1.54) is 0 Å². The SMILES string of the molecule is CCC(=NO)c1c(-c2ccccc2)n(-c2ccc(O)cc2)c2ccccc12. The Kier molecular flexibility index (Phi) is 4.38. The van der Waals surface area contributed by atoms with E-state index in [9.17, 15) is 10.3 Å². The van der Waals surface area contributed by atoms with Gasteiger partial charge in [-0.3, -0.25) is 0 Å². The molecule has 0 atom stereocenters. The van der Waals surface area contributed by atoms with Crippen LogP contribution in [0.2, 0.25) is 0 Å². The fourth-order valence-corrected chi connectivity index (χ4v) is 3.57. The molecule has 3 aromatic carbocycles. The molecule has 0 aliphatic carbocycles. The second kappa shape index (κ2) is 7.00. The normalized spacial score (nSPS) is 11.8. The number of oxime groups is 1. The van der Waals surface area contributed by atoms with Crippen LogP contribution >= 0.6 is 0 Å². The predicted octanol–water partition coefficient (Wildman–Crippen LogP) is 5.59. The first kappa shape index (κ1) is 16.9. The molecule has 1 heterocycles. The summed E-state index contributed by atoms with van der Waals surface area (Å²) in [6, 6.07) is 25.3. The maximum atomic E-state index is 9.71. The minimum Gasteiger partial charge on any atom is -0.508 e. The molecule has 2 N–H and O–H groups in total. The first-order chi connectivity index (χ1) is 13.2. The van der Waals surface area contributed by atoms with Gasteiger partial charge in [0.25, 0.3) is 0 Å². The third-order valence-electron chi connectivity index (χ3n) is 4.77. The molecule has 4 nitrogen and oxygen atoms in total. The van der Waals surface area contributed by atoms with Gasteiger partial charge in [0.2, 0.25) is 0 Å². The number of hydrogen-bond donors (Lipinski definition) is 2. The summed E-state index contributed by atoms with van der Waals surface area (Å²) in [7, 11) is 0. The fraction of sp³-hybridized carbons (Fsp3) is 0.0870. The van der Waals surface area contributed by atoms with Crippen LogP contribution in [-0.4, -0.2) is 20.6 Å². The van der Waals surface area contributed by atoms with Crippen molar-refractivity contribution in [3.8, 4) is 22.7 Å². The number of hydrogen-bond acceptors (Lipinski definition) is 3. The highest BCUT2D eigenvalue weighted by atomic mass is 16.4. The molecule has 0 aliphatic heterocycles. The molecule has 1 aromatic heterocycles. The summed E-state index contributed by atoms with van der Waals surface area (Å²) in [5.41, 5.74) is 5.52. The van der Waals surface area contributed by atoms with E-state index in [0.29, 0.717) is 12.1 Å². The van der Waals surface area contributed by atoms with E-state index in [0.717, 1.165) is 33.4 Å². The summed E-state index contributed by atoms with van der Waals surface area (Å²) in [4.78, 5) is 0. The largest absolute Gasteiger partial charge is 0.508 e. The van der Waals surface area contributed by atoms with Crippen molar-refractivity contribution in [2.75, 3.05) is 0 Å². The van der Waals surface area contributed by atoms with Crippen LogP contribution in [0, 0.1) is 0 Å². The zero-order chi connectivity index (χ0) is 18.8. The number of aromatic hydroxyl groups is 1. The molecule has 0 saturated heterocycles. The first-order valence-corrected chi connectivity index (χ1v) is 8.94. The molecule has 0 radical (unpaired) electrons. The second-order valence-electron chi connectivity index (χ2n) is 6.36. The zero-order valence-corrected chi connectivity index (χ0v) is 15.0. The molecule has 0 aliphatic rings. The van der Waals surface area contributed by atoms with Crippen LogP contribution in [0.4, 0.5) is 0 Å². The highest BCUT2D eigenvalue weighted by Crippen LogP contribution is 2.37. The standard InChI is InChI=1S/C23H20N2O2/c1-2-20(24-27)22-19-10-6-7-11-21(19)25(17-12-14-18(26)15-13-17)23(22)16-8-4-3-5-9-16/h3-15,26-27H,2H2,1H3. The Balaban J connectivity index is 2.17. The van der Waals surface area contributed by atoms with E-state index in [1.54, 1.807) is 12.1 Å².